The van der Waals surface area contributed by atoms with E-state index in [0.717, 1.165) is 16.8 Å². The molecule has 2 atom stereocenters. The highest BCUT2D eigenvalue weighted by molar-refractivity contribution is 6.32. The fourth-order valence-electron chi connectivity index (χ4n) is 3.26. The summed E-state index contributed by atoms with van der Waals surface area (Å²) in [5.41, 5.74) is 3.09. The molecule has 0 bridgehead atoms. The van der Waals surface area contributed by atoms with Gasteiger partial charge in [0.2, 0.25) is 0 Å². The Morgan fingerprint density at radius 3 is 2.54 bits per heavy atom. The summed E-state index contributed by atoms with van der Waals surface area (Å²) in [5.74, 6) is 0.0474. The Labute approximate surface area is 159 Å². The van der Waals surface area contributed by atoms with E-state index in [2.05, 4.69) is 0 Å². The van der Waals surface area contributed by atoms with Crippen molar-refractivity contribution in [3.63, 3.8) is 0 Å². The Morgan fingerprint density at radius 1 is 1.19 bits per heavy atom. The Hall–Kier alpha value is -2.17. The number of fused-ring (bicyclic) bond motifs is 1. The van der Waals surface area contributed by atoms with Crippen LogP contribution in [0.15, 0.2) is 53.5 Å². The predicted molar refractivity (Wildman–Crippen MR) is 106 cm³/mol. The number of amides is 1. The van der Waals surface area contributed by atoms with Gasteiger partial charge in [0.1, 0.15) is 0 Å². The van der Waals surface area contributed by atoms with Gasteiger partial charge in [0.15, 0.2) is 6.04 Å². The number of carbonyl (C=O) groups is 1. The first kappa shape index (κ1) is 18.6. The summed E-state index contributed by atoms with van der Waals surface area (Å²) in [4.78, 5) is 19.3. The zero-order valence-corrected chi connectivity index (χ0v) is 15.9. The Morgan fingerprint density at radius 2 is 1.88 bits per heavy atom. The molecule has 136 valence electrons. The molecule has 0 aliphatic carbocycles. The second kappa shape index (κ2) is 7.60. The van der Waals surface area contributed by atoms with Crippen molar-refractivity contribution in [1.29, 1.82) is 0 Å². The molecule has 2 unspecified atom stereocenters. The lowest BCUT2D eigenvalue weighted by molar-refractivity contribution is -0.121. The van der Waals surface area contributed by atoms with E-state index in [1.807, 2.05) is 56.3 Å². The summed E-state index contributed by atoms with van der Waals surface area (Å²) in [6, 6.07) is 14.3. The summed E-state index contributed by atoms with van der Waals surface area (Å²) >= 11 is 6.23. The third-order valence-corrected chi connectivity index (χ3v) is 4.79. The quantitative estimate of drug-likeness (QED) is 0.886. The van der Waals surface area contributed by atoms with Gasteiger partial charge in [-0.05, 0) is 30.5 Å². The Kier molecular flexibility index (Phi) is 5.44. The molecule has 3 rings (SSSR count). The average Bonchev–Trinajstić information content (AvgIpc) is 2.71. The van der Waals surface area contributed by atoms with Gasteiger partial charge in [0.05, 0.1) is 17.5 Å². The van der Waals surface area contributed by atoms with Gasteiger partial charge in [0.25, 0.3) is 5.91 Å². The number of benzene rings is 2. The highest BCUT2D eigenvalue weighted by Gasteiger charge is 2.34. The van der Waals surface area contributed by atoms with Gasteiger partial charge in [-0.1, -0.05) is 55.8 Å². The molecular formula is C21H23ClN2O2. The topological polar surface area (TPSA) is 52.9 Å². The van der Waals surface area contributed by atoms with Gasteiger partial charge in [0, 0.05) is 23.2 Å². The molecule has 1 aliphatic heterocycles. The van der Waals surface area contributed by atoms with Crippen molar-refractivity contribution < 1.29 is 9.90 Å². The van der Waals surface area contributed by atoms with Crippen LogP contribution in [0.4, 0.5) is 5.69 Å². The number of carbonyl (C=O) groups excluding carboxylic acids is 1. The predicted octanol–water partition coefficient (Wildman–Crippen LogP) is 3.93. The van der Waals surface area contributed by atoms with Crippen LogP contribution >= 0.6 is 11.6 Å². The van der Waals surface area contributed by atoms with Crippen molar-refractivity contribution in [2.24, 2.45) is 10.9 Å². The van der Waals surface area contributed by atoms with Crippen molar-refractivity contribution >= 4 is 28.9 Å². The molecule has 1 amide bonds. The van der Waals surface area contributed by atoms with E-state index < -0.39 is 12.1 Å². The first-order chi connectivity index (χ1) is 12.4. The lowest BCUT2D eigenvalue weighted by atomic mass is 9.99. The molecule has 0 radical (unpaired) electrons. The number of nitrogens with zero attached hydrogens (tertiary/aromatic N) is 2. The van der Waals surface area contributed by atoms with Gasteiger partial charge >= 0.3 is 0 Å². The highest BCUT2D eigenvalue weighted by atomic mass is 35.5. The number of hydrogen-bond acceptors (Lipinski definition) is 3. The molecule has 2 aromatic carbocycles. The Bertz CT molecular complexity index is 833. The van der Waals surface area contributed by atoms with Crippen LogP contribution in [-0.4, -0.2) is 35.9 Å². The first-order valence-corrected chi connectivity index (χ1v) is 9.15. The Balaban J connectivity index is 2.19. The van der Waals surface area contributed by atoms with Crippen LogP contribution in [0.2, 0.25) is 5.02 Å². The fraction of sp³-hybridized carbons (Fsp3) is 0.333. The molecule has 0 spiro atoms. The summed E-state index contributed by atoms with van der Waals surface area (Å²) in [5, 5.41) is 11.3. The van der Waals surface area contributed by atoms with Crippen molar-refractivity contribution in [2.75, 3.05) is 11.9 Å². The van der Waals surface area contributed by atoms with E-state index in [4.69, 9.17) is 16.6 Å². The molecule has 4 nitrogen and oxygen atoms in total. The van der Waals surface area contributed by atoms with Gasteiger partial charge in [-0.15, -0.1) is 0 Å². The van der Waals surface area contributed by atoms with Crippen LogP contribution in [0.1, 0.15) is 31.4 Å². The number of benzodiazepines with no additional fused rings is 1. The third-order valence-electron chi connectivity index (χ3n) is 4.55. The van der Waals surface area contributed by atoms with E-state index in [-0.39, 0.29) is 11.8 Å². The minimum Gasteiger partial charge on any atom is -0.390 e. The van der Waals surface area contributed by atoms with E-state index in [9.17, 15) is 9.90 Å². The maximum absolute atomic E-state index is 13.0. The molecule has 1 N–H and O–H groups in total. The van der Waals surface area contributed by atoms with Crippen LogP contribution in [0.25, 0.3) is 0 Å². The molecule has 1 aliphatic rings. The average molecular weight is 371 g/mol. The molecule has 0 saturated carbocycles. The van der Waals surface area contributed by atoms with Crippen LogP contribution < -0.4 is 4.90 Å². The summed E-state index contributed by atoms with van der Waals surface area (Å²) in [7, 11) is 1.72. The molecule has 0 saturated heterocycles. The van der Waals surface area contributed by atoms with Crippen molar-refractivity contribution in [2.45, 2.75) is 32.4 Å². The maximum Gasteiger partial charge on any atom is 0.254 e. The number of hydrogen-bond donors (Lipinski definition) is 1. The minimum atomic E-state index is -0.844. The van der Waals surface area contributed by atoms with E-state index in [0.29, 0.717) is 17.2 Å². The maximum atomic E-state index is 13.0. The lowest BCUT2D eigenvalue weighted by Gasteiger charge is -2.24. The number of halogens is 1. The number of anilines is 1. The number of aliphatic imine (C=N–C) groups is 1. The zero-order valence-electron chi connectivity index (χ0n) is 15.2. The van der Waals surface area contributed by atoms with Gasteiger partial charge in [-0.3, -0.25) is 9.79 Å². The van der Waals surface area contributed by atoms with Gasteiger partial charge in [-0.2, -0.15) is 0 Å². The molecule has 0 fully saturated rings. The number of likely N-dealkylation sites (N-methyl/N-ethyl adjacent to an activating group) is 1. The molecule has 5 heteroatoms. The first-order valence-electron chi connectivity index (χ1n) is 8.77. The van der Waals surface area contributed by atoms with Crippen molar-refractivity contribution in [1.82, 2.24) is 0 Å². The van der Waals surface area contributed by atoms with Crippen LogP contribution in [0, 0.1) is 5.92 Å². The SMILES string of the molecule is CC(C)CC(O)C1N=C(c2ccccc2)c2cc(Cl)ccc2N(C)C1=O. The van der Waals surface area contributed by atoms with Crippen molar-refractivity contribution in [3.8, 4) is 0 Å². The fourth-order valence-corrected chi connectivity index (χ4v) is 3.43. The van der Waals surface area contributed by atoms with E-state index in [1.165, 1.54) is 0 Å². The highest BCUT2D eigenvalue weighted by Crippen LogP contribution is 2.31. The summed E-state index contributed by atoms with van der Waals surface area (Å²) in [6.45, 7) is 4.04. The molecule has 0 aromatic heterocycles. The van der Waals surface area contributed by atoms with E-state index >= 15 is 0 Å². The molecule has 26 heavy (non-hydrogen) atoms. The van der Waals surface area contributed by atoms with Crippen molar-refractivity contribution in [3.05, 3.63) is 64.7 Å². The van der Waals surface area contributed by atoms with Gasteiger partial charge in [-0.25, -0.2) is 0 Å². The smallest absolute Gasteiger partial charge is 0.254 e. The lowest BCUT2D eigenvalue weighted by Crippen LogP contribution is -2.42. The van der Waals surface area contributed by atoms with Crippen LogP contribution in [0.3, 0.4) is 0 Å². The zero-order chi connectivity index (χ0) is 18.8. The molecular weight excluding hydrogens is 348 g/mol. The van der Waals surface area contributed by atoms with Gasteiger partial charge < -0.3 is 10.0 Å². The summed E-state index contributed by atoms with van der Waals surface area (Å²) in [6.07, 6.45) is -0.333. The minimum absolute atomic E-state index is 0.215. The summed E-state index contributed by atoms with van der Waals surface area (Å²) < 4.78 is 0. The second-order valence-electron chi connectivity index (χ2n) is 7.04. The molecule has 2 aromatic rings. The van der Waals surface area contributed by atoms with Crippen LogP contribution in [0.5, 0.6) is 0 Å². The molecule has 1 heterocycles. The van der Waals surface area contributed by atoms with Crippen LogP contribution in [-0.2, 0) is 4.79 Å². The largest absolute Gasteiger partial charge is 0.390 e. The standard InChI is InChI=1S/C21H23ClN2O2/c1-13(2)11-18(25)20-21(26)24(3)17-10-9-15(22)12-16(17)19(23-20)14-7-5-4-6-8-14/h4-10,12-13,18,20,25H,11H2,1-3H3. The second-order valence-corrected chi connectivity index (χ2v) is 7.48. The third kappa shape index (κ3) is 3.67. The number of aliphatic hydroxyl groups is 1. The number of rotatable bonds is 4. The normalized spacial score (nSPS) is 18.4. The number of aliphatic hydroxyl groups excluding tert-OH is 1. The van der Waals surface area contributed by atoms with E-state index in [1.54, 1.807) is 18.0 Å². The monoisotopic (exact) mass is 370 g/mol.